The van der Waals surface area contributed by atoms with Crippen molar-refractivity contribution in [2.45, 2.75) is 18.9 Å². The highest BCUT2D eigenvalue weighted by Crippen LogP contribution is 2.28. The number of rotatable bonds is 3. The van der Waals surface area contributed by atoms with Crippen LogP contribution in [-0.2, 0) is 4.74 Å². The third-order valence-corrected chi connectivity index (χ3v) is 5.11. The number of hydrogen-bond donors (Lipinski definition) is 1. The van der Waals surface area contributed by atoms with E-state index >= 15 is 0 Å². The van der Waals surface area contributed by atoms with E-state index in [1.807, 2.05) is 17.5 Å². The van der Waals surface area contributed by atoms with Crippen LogP contribution in [0.5, 0.6) is 0 Å². The van der Waals surface area contributed by atoms with E-state index in [0.29, 0.717) is 27.9 Å². The molecule has 0 saturated carbocycles. The number of benzene rings is 1. The van der Waals surface area contributed by atoms with E-state index < -0.39 is 5.63 Å². The van der Waals surface area contributed by atoms with Crippen LogP contribution < -0.4 is 10.9 Å². The lowest BCUT2D eigenvalue weighted by molar-refractivity contribution is 0.0904. The molecule has 0 radical (unpaired) electrons. The summed E-state index contributed by atoms with van der Waals surface area (Å²) < 4.78 is 10.7. The van der Waals surface area contributed by atoms with E-state index in [1.54, 1.807) is 12.1 Å². The second kappa shape index (κ2) is 6.55. The van der Waals surface area contributed by atoms with Gasteiger partial charge in [0.05, 0.1) is 16.3 Å². The molecule has 4 rings (SSSR count). The highest BCUT2D eigenvalue weighted by molar-refractivity contribution is 7.14. The van der Waals surface area contributed by atoms with E-state index in [0.717, 1.165) is 36.6 Å². The maximum absolute atomic E-state index is 12.3. The molecule has 0 spiro atoms. The number of hydrogen-bond acceptors (Lipinski definition) is 6. The lowest BCUT2D eigenvalue weighted by Crippen LogP contribution is -2.27. The van der Waals surface area contributed by atoms with Gasteiger partial charge in [0, 0.05) is 30.0 Å². The van der Waals surface area contributed by atoms with Crippen LogP contribution in [0.15, 0.2) is 38.9 Å². The van der Waals surface area contributed by atoms with Gasteiger partial charge >= 0.3 is 5.63 Å². The van der Waals surface area contributed by atoms with Gasteiger partial charge in [-0.1, -0.05) is 23.7 Å². The Labute approximate surface area is 147 Å². The lowest BCUT2D eigenvalue weighted by atomic mass is 10.1. The molecule has 7 heteroatoms. The maximum atomic E-state index is 12.3. The van der Waals surface area contributed by atoms with Crippen molar-refractivity contribution < 1.29 is 9.15 Å². The number of nitrogens with zero attached hydrogens (tertiary/aromatic N) is 1. The van der Waals surface area contributed by atoms with Gasteiger partial charge in [-0.25, -0.2) is 9.78 Å². The number of nitrogens with one attached hydrogen (secondary N) is 1. The molecule has 3 aromatic rings. The van der Waals surface area contributed by atoms with Crippen molar-refractivity contribution in [3.05, 3.63) is 45.1 Å². The van der Waals surface area contributed by atoms with Crippen LogP contribution in [0.2, 0.25) is 5.02 Å². The predicted molar refractivity (Wildman–Crippen MR) is 96.1 cm³/mol. The first-order valence-corrected chi connectivity index (χ1v) is 8.99. The summed E-state index contributed by atoms with van der Waals surface area (Å²) >= 11 is 7.56. The van der Waals surface area contributed by atoms with Gasteiger partial charge in [-0.05, 0) is 25.0 Å². The molecule has 1 fully saturated rings. The number of thiazole rings is 1. The molecule has 0 amide bonds. The molecule has 124 valence electrons. The monoisotopic (exact) mass is 362 g/mol. The minimum atomic E-state index is -0.432. The Bertz CT molecular complexity index is 931. The number of anilines is 1. The topological polar surface area (TPSA) is 64.4 Å². The zero-order valence-corrected chi connectivity index (χ0v) is 14.3. The fourth-order valence-corrected chi connectivity index (χ4v) is 3.78. The third kappa shape index (κ3) is 3.05. The molecule has 1 N–H and O–H groups in total. The van der Waals surface area contributed by atoms with Gasteiger partial charge in [0.2, 0.25) is 0 Å². The van der Waals surface area contributed by atoms with Crippen molar-refractivity contribution in [3.63, 3.8) is 0 Å². The first kappa shape index (κ1) is 15.6. The van der Waals surface area contributed by atoms with Crippen molar-refractivity contribution in [1.29, 1.82) is 0 Å². The Hall–Kier alpha value is -1.89. The average molecular weight is 363 g/mol. The summed E-state index contributed by atoms with van der Waals surface area (Å²) in [6, 6.07) is 7.53. The van der Waals surface area contributed by atoms with Gasteiger partial charge in [-0.2, -0.15) is 0 Å². The van der Waals surface area contributed by atoms with Crippen molar-refractivity contribution in [1.82, 2.24) is 4.98 Å². The van der Waals surface area contributed by atoms with Gasteiger partial charge in [0.1, 0.15) is 0 Å². The van der Waals surface area contributed by atoms with E-state index in [9.17, 15) is 4.79 Å². The van der Waals surface area contributed by atoms with Gasteiger partial charge in [-0.3, -0.25) is 0 Å². The number of halogens is 1. The maximum Gasteiger partial charge on any atom is 0.345 e. The molecule has 1 aliphatic heterocycles. The molecular weight excluding hydrogens is 348 g/mol. The van der Waals surface area contributed by atoms with E-state index in [2.05, 4.69) is 10.3 Å². The van der Waals surface area contributed by atoms with Crippen LogP contribution in [0.1, 0.15) is 12.8 Å². The summed E-state index contributed by atoms with van der Waals surface area (Å²) in [5.41, 5.74) is 1.04. The van der Waals surface area contributed by atoms with E-state index in [-0.39, 0.29) is 0 Å². The summed E-state index contributed by atoms with van der Waals surface area (Å²) in [6.07, 6.45) is 1.93. The average Bonchev–Trinajstić information content (AvgIpc) is 3.04. The summed E-state index contributed by atoms with van der Waals surface area (Å²) in [6.45, 7) is 1.54. The van der Waals surface area contributed by atoms with Crippen molar-refractivity contribution in [2.24, 2.45) is 0 Å². The number of para-hydroxylation sites is 1. The highest BCUT2D eigenvalue weighted by Gasteiger charge is 2.17. The normalized spacial score (nSPS) is 15.7. The quantitative estimate of drug-likeness (QED) is 0.709. The van der Waals surface area contributed by atoms with Crippen molar-refractivity contribution in [3.8, 4) is 11.3 Å². The molecule has 0 aliphatic carbocycles. The summed E-state index contributed by atoms with van der Waals surface area (Å²) in [4.78, 5) is 16.8. The molecule has 3 heterocycles. The Morgan fingerprint density at radius 1 is 1.29 bits per heavy atom. The standard InChI is InChI=1S/C17H15ClN2O3S/c18-13-3-1-2-10-8-12(16(21)23-15(10)13)14-9-24-17(20-14)19-11-4-6-22-7-5-11/h1-3,8-9,11H,4-7H2,(H,19,20). The molecule has 0 bridgehead atoms. The number of ether oxygens (including phenoxy) is 1. The minimum absolute atomic E-state index is 0.365. The molecule has 5 nitrogen and oxygen atoms in total. The Balaban J connectivity index is 1.65. The summed E-state index contributed by atoms with van der Waals surface area (Å²) in [5, 5.41) is 7.29. The van der Waals surface area contributed by atoms with Gasteiger partial charge in [0.25, 0.3) is 0 Å². The second-order valence-electron chi connectivity index (χ2n) is 5.67. The first-order chi connectivity index (χ1) is 11.7. The van der Waals surface area contributed by atoms with Crippen LogP contribution in [0, 0.1) is 0 Å². The second-order valence-corrected chi connectivity index (χ2v) is 6.94. The van der Waals surface area contributed by atoms with Gasteiger partial charge in [-0.15, -0.1) is 11.3 Å². The van der Waals surface area contributed by atoms with E-state index in [1.165, 1.54) is 11.3 Å². The van der Waals surface area contributed by atoms with Gasteiger partial charge in [0.15, 0.2) is 10.7 Å². The SMILES string of the molecule is O=c1oc2c(Cl)cccc2cc1-c1csc(NC2CCOCC2)n1. The van der Waals surface area contributed by atoms with Crippen LogP contribution in [0.25, 0.3) is 22.2 Å². The highest BCUT2D eigenvalue weighted by atomic mass is 35.5. The molecule has 0 unspecified atom stereocenters. The molecule has 2 aromatic heterocycles. The molecule has 1 aromatic carbocycles. The minimum Gasteiger partial charge on any atom is -0.421 e. The van der Waals surface area contributed by atoms with Crippen LogP contribution in [0.3, 0.4) is 0 Å². The molecule has 1 aliphatic rings. The number of fused-ring (bicyclic) bond motifs is 1. The van der Waals surface area contributed by atoms with Crippen molar-refractivity contribution >= 4 is 39.0 Å². The Morgan fingerprint density at radius 3 is 2.96 bits per heavy atom. The van der Waals surface area contributed by atoms with Crippen LogP contribution in [-0.4, -0.2) is 24.2 Å². The largest absolute Gasteiger partial charge is 0.421 e. The smallest absolute Gasteiger partial charge is 0.345 e. The third-order valence-electron chi connectivity index (χ3n) is 4.04. The summed E-state index contributed by atoms with van der Waals surface area (Å²) in [7, 11) is 0. The lowest BCUT2D eigenvalue weighted by Gasteiger charge is -2.22. The first-order valence-electron chi connectivity index (χ1n) is 7.73. The van der Waals surface area contributed by atoms with Crippen molar-refractivity contribution in [2.75, 3.05) is 18.5 Å². The molecule has 24 heavy (non-hydrogen) atoms. The number of aromatic nitrogens is 1. The Morgan fingerprint density at radius 2 is 2.12 bits per heavy atom. The molecule has 0 atom stereocenters. The van der Waals surface area contributed by atoms with E-state index in [4.69, 9.17) is 20.8 Å². The zero-order valence-electron chi connectivity index (χ0n) is 12.8. The fourth-order valence-electron chi connectivity index (χ4n) is 2.77. The van der Waals surface area contributed by atoms with Crippen LogP contribution >= 0.6 is 22.9 Å². The fraction of sp³-hybridized carbons (Fsp3) is 0.294. The summed E-state index contributed by atoms with van der Waals surface area (Å²) in [5.74, 6) is 0. The predicted octanol–water partition coefficient (Wildman–Crippen LogP) is 4.16. The molecular formula is C17H15ClN2O3S. The van der Waals surface area contributed by atoms with Gasteiger partial charge < -0.3 is 14.5 Å². The molecule has 1 saturated heterocycles. The van der Waals surface area contributed by atoms with Crippen LogP contribution in [0.4, 0.5) is 5.13 Å². The Kier molecular flexibility index (Phi) is 4.26. The zero-order chi connectivity index (χ0) is 16.5.